The molecule has 0 saturated carbocycles. The van der Waals surface area contributed by atoms with Crippen LogP contribution < -0.4 is 30.8 Å². The van der Waals surface area contributed by atoms with Crippen LogP contribution in [0, 0.1) is 13.8 Å². The number of rotatable bonds is 3. The van der Waals surface area contributed by atoms with Gasteiger partial charge in [0.25, 0.3) is 6.71 Å². The number of hydrogen-bond donors (Lipinski definition) is 0. The van der Waals surface area contributed by atoms with Gasteiger partial charge in [-0.2, -0.15) is 0 Å². The van der Waals surface area contributed by atoms with E-state index in [9.17, 15) is 0 Å². The van der Waals surface area contributed by atoms with Crippen LogP contribution in [0.2, 0.25) is 0 Å². The van der Waals surface area contributed by atoms with Crippen molar-refractivity contribution in [2.75, 3.05) is 4.90 Å². The van der Waals surface area contributed by atoms with Gasteiger partial charge in [0.05, 0.1) is 11.2 Å². The first-order valence-corrected chi connectivity index (χ1v) is 18.3. The second-order valence-corrected chi connectivity index (χ2v) is 15.9. The first kappa shape index (κ1) is 30.4. The van der Waals surface area contributed by atoms with Gasteiger partial charge in [0, 0.05) is 52.3 Å². The number of anilines is 3. The summed E-state index contributed by atoms with van der Waals surface area (Å²) in [6.45, 7) is 11.1. The number of ether oxygens (including phenoxy) is 2. The Morgan fingerprint density at radius 1 is 0.627 bits per heavy atom. The van der Waals surface area contributed by atoms with Crippen molar-refractivity contribution in [1.82, 2.24) is 4.57 Å². The summed E-state index contributed by atoms with van der Waals surface area (Å²) in [6.07, 6.45) is 3.54. The van der Waals surface area contributed by atoms with Crippen molar-refractivity contribution < 1.29 is 9.47 Å². The molecular weight excluding hydrogens is 623 g/mol. The summed E-state index contributed by atoms with van der Waals surface area (Å²) in [5.74, 6) is 3.51. The lowest BCUT2D eigenvalue weighted by molar-refractivity contribution is 0.464. The minimum absolute atomic E-state index is 0.00125. The summed E-state index contributed by atoms with van der Waals surface area (Å²) in [4.78, 5) is 2.31. The smallest absolute Gasteiger partial charge is 0.260 e. The third kappa shape index (κ3) is 4.60. The Morgan fingerprint density at radius 3 is 1.94 bits per heavy atom. The molecule has 0 amide bonds. The van der Waals surface area contributed by atoms with Gasteiger partial charge < -0.3 is 18.9 Å². The molecular formula is C46H41BN2O2. The number of fused-ring (bicyclic) bond motifs is 9. The van der Waals surface area contributed by atoms with E-state index in [1.807, 2.05) is 0 Å². The molecule has 3 aliphatic rings. The van der Waals surface area contributed by atoms with Crippen molar-refractivity contribution in [2.45, 2.75) is 59.3 Å². The van der Waals surface area contributed by atoms with Gasteiger partial charge in [-0.25, -0.2) is 0 Å². The molecule has 0 radical (unpaired) electrons. The second kappa shape index (κ2) is 10.8. The SMILES string of the molecule is Cc1ccc(N(c2ccc(C)cc2)c2cc3c4c(c2)Oc2cc5c6ccc7c(c6n(C)c5cc2B4c2cc(C(C)(C)C)ccc2O3)CCC7)cc1. The first-order valence-electron chi connectivity index (χ1n) is 18.3. The molecule has 0 spiro atoms. The largest absolute Gasteiger partial charge is 0.458 e. The molecule has 0 atom stereocenters. The Hall–Kier alpha value is -5.42. The molecule has 4 nitrogen and oxygen atoms in total. The van der Waals surface area contributed by atoms with Crippen LogP contribution in [-0.2, 0) is 25.3 Å². The molecule has 0 bridgehead atoms. The van der Waals surface area contributed by atoms with E-state index in [2.05, 4.69) is 154 Å². The zero-order chi connectivity index (χ0) is 34.8. The van der Waals surface area contributed by atoms with Crippen LogP contribution in [0.15, 0.2) is 103 Å². The average Bonchev–Trinajstić information content (AvgIpc) is 3.70. The van der Waals surface area contributed by atoms with Gasteiger partial charge in [0.15, 0.2) is 0 Å². The van der Waals surface area contributed by atoms with Gasteiger partial charge in [-0.05, 0) is 109 Å². The Morgan fingerprint density at radius 2 is 1.27 bits per heavy atom. The van der Waals surface area contributed by atoms with E-state index >= 15 is 0 Å². The lowest BCUT2D eigenvalue weighted by Gasteiger charge is -2.35. The van der Waals surface area contributed by atoms with E-state index in [0.717, 1.165) is 51.9 Å². The van der Waals surface area contributed by atoms with Crippen molar-refractivity contribution in [3.05, 3.63) is 131 Å². The molecule has 7 aromatic rings. The fraction of sp³-hybridized carbons (Fsp3) is 0.217. The van der Waals surface area contributed by atoms with Crippen LogP contribution in [0.25, 0.3) is 21.8 Å². The number of nitrogens with zero attached hydrogens (tertiary/aromatic N) is 2. The van der Waals surface area contributed by atoms with E-state index < -0.39 is 0 Å². The highest BCUT2D eigenvalue weighted by Gasteiger charge is 2.42. The fourth-order valence-corrected chi connectivity index (χ4v) is 8.81. The summed E-state index contributed by atoms with van der Waals surface area (Å²) in [5.41, 5.74) is 16.0. The Labute approximate surface area is 300 Å². The fourth-order valence-electron chi connectivity index (χ4n) is 8.81. The van der Waals surface area contributed by atoms with Crippen molar-refractivity contribution in [1.29, 1.82) is 0 Å². The maximum atomic E-state index is 7.08. The van der Waals surface area contributed by atoms with Gasteiger partial charge in [-0.1, -0.05) is 80.4 Å². The average molecular weight is 665 g/mol. The van der Waals surface area contributed by atoms with Gasteiger partial charge in [-0.3, -0.25) is 0 Å². The third-order valence-corrected chi connectivity index (χ3v) is 11.5. The normalized spacial score (nSPS) is 14.1. The summed E-state index contributed by atoms with van der Waals surface area (Å²) >= 11 is 0. The Kier molecular flexibility index (Phi) is 6.44. The predicted molar refractivity (Wildman–Crippen MR) is 213 cm³/mol. The van der Waals surface area contributed by atoms with E-state index in [1.54, 1.807) is 0 Å². The summed E-state index contributed by atoms with van der Waals surface area (Å²) in [7, 11) is 2.24. The van der Waals surface area contributed by atoms with Crippen molar-refractivity contribution in [3.63, 3.8) is 0 Å². The molecule has 0 N–H and O–H groups in total. The maximum absolute atomic E-state index is 7.08. The zero-order valence-corrected chi connectivity index (χ0v) is 30.2. The molecule has 6 aromatic carbocycles. The Balaban J connectivity index is 1.23. The van der Waals surface area contributed by atoms with Gasteiger partial charge in [-0.15, -0.1) is 0 Å². The number of aromatic nitrogens is 1. The van der Waals surface area contributed by atoms with Crippen LogP contribution in [0.1, 0.15) is 55.0 Å². The lowest BCUT2D eigenvalue weighted by atomic mass is 9.34. The predicted octanol–water partition coefficient (Wildman–Crippen LogP) is 9.93. The van der Waals surface area contributed by atoms with Crippen molar-refractivity contribution >= 4 is 62.0 Å². The second-order valence-electron chi connectivity index (χ2n) is 15.9. The van der Waals surface area contributed by atoms with Crippen LogP contribution in [0.4, 0.5) is 17.1 Å². The van der Waals surface area contributed by atoms with Crippen molar-refractivity contribution in [3.8, 4) is 23.0 Å². The molecule has 3 heterocycles. The van der Waals surface area contributed by atoms with Crippen LogP contribution in [-0.4, -0.2) is 11.3 Å². The number of benzene rings is 6. The third-order valence-electron chi connectivity index (χ3n) is 11.5. The van der Waals surface area contributed by atoms with Crippen LogP contribution >= 0.6 is 0 Å². The molecule has 1 aliphatic carbocycles. The van der Waals surface area contributed by atoms with Crippen molar-refractivity contribution in [2.24, 2.45) is 7.05 Å². The minimum Gasteiger partial charge on any atom is -0.458 e. The van der Waals surface area contributed by atoms with E-state index in [0.29, 0.717) is 0 Å². The van der Waals surface area contributed by atoms with E-state index in [1.165, 1.54) is 73.4 Å². The summed E-state index contributed by atoms with van der Waals surface area (Å²) in [5, 5.41) is 2.56. The topological polar surface area (TPSA) is 26.6 Å². The monoisotopic (exact) mass is 664 g/mol. The number of hydrogen-bond acceptors (Lipinski definition) is 3. The van der Waals surface area contributed by atoms with Crippen LogP contribution in [0.5, 0.6) is 23.0 Å². The molecule has 0 fully saturated rings. The maximum Gasteiger partial charge on any atom is 0.260 e. The molecule has 51 heavy (non-hydrogen) atoms. The van der Waals surface area contributed by atoms with Crippen LogP contribution in [0.3, 0.4) is 0 Å². The molecule has 10 rings (SSSR count). The van der Waals surface area contributed by atoms with E-state index in [4.69, 9.17) is 9.47 Å². The number of aryl methyl sites for hydroxylation is 5. The van der Waals surface area contributed by atoms with Gasteiger partial charge >= 0.3 is 0 Å². The standard InChI is InChI=1S/C46H41BN2O2/c1-27-10-16-31(17-11-27)49(32-18-12-28(2)13-19-32)33-23-42-44-43(24-33)51-41-25-36-35-20-14-29-8-7-9-34(29)45(35)48(6)39(36)26-38(41)47(44)37-22-30(46(3,4)5)15-21-40(37)50-42/h10-26H,7-9H2,1-6H3. The zero-order valence-electron chi connectivity index (χ0n) is 30.2. The minimum atomic E-state index is -0.0285. The van der Waals surface area contributed by atoms with Gasteiger partial charge in [0.2, 0.25) is 0 Å². The molecule has 2 aliphatic heterocycles. The van der Waals surface area contributed by atoms with E-state index in [-0.39, 0.29) is 12.1 Å². The van der Waals surface area contributed by atoms with Gasteiger partial charge in [0.1, 0.15) is 23.0 Å². The molecule has 5 heteroatoms. The highest BCUT2D eigenvalue weighted by molar-refractivity contribution is 6.98. The lowest BCUT2D eigenvalue weighted by Crippen LogP contribution is -2.57. The summed E-state index contributed by atoms with van der Waals surface area (Å²) < 4.78 is 16.4. The highest BCUT2D eigenvalue weighted by atomic mass is 16.5. The highest BCUT2D eigenvalue weighted by Crippen LogP contribution is 2.44. The molecule has 250 valence electrons. The summed E-state index contributed by atoms with van der Waals surface area (Å²) in [6, 6.07) is 38.1. The quantitative estimate of drug-likeness (QED) is 0.176. The Bertz CT molecular complexity index is 2530. The molecule has 0 saturated heterocycles. The molecule has 0 unspecified atom stereocenters. The molecule has 1 aromatic heterocycles. The first-order chi connectivity index (χ1) is 24.6.